The number of morpholine rings is 1. The zero-order valence-electron chi connectivity index (χ0n) is 14.0. The van der Waals surface area contributed by atoms with Crippen molar-refractivity contribution in [1.29, 1.82) is 0 Å². The molecular weight excluding hydrogens is 330 g/mol. The Morgan fingerprint density at radius 1 is 1.29 bits per heavy atom. The zero-order chi connectivity index (χ0) is 17.3. The Balaban J connectivity index is 1.67. The number of carbonyl (C=O) groups excluding carboxylic acids is 1. The third-order valence-corrected chi connectivity index (χ3v) is 6.00. The molecule has 2 saturated heterocycles. The van der Waals surface area contributed by atoms with E-state index in [2.05, 4.69) is 18.8 Å². The first-order chi connectivity index (χ1) is 11.4. The molecule has 2 aliphatic rings. The van der Waals surface area contributed by atoms with Gasteiger partial charge in [0.1, 0.15) is 4.88 Å². The molecule has 0 bridgehead atoms. The van der Waals surface area contributed by atoms with Crippen LogP contribution in [0.15, 0.2) is 6.20 Å². The monoisotopic (exact) mass is 353 g/mol. The molecule has 1 aromatic rings. The molecule has 2 aliphatic heterocycles. The molecule has 3 heterocycles. The molecule has 2 fully saturated rings. The minimum atomic E-state index is -0.889. The van der Waals surface area contributed by atoms with Gasteiger partial charge in [0.2, 0.25) is 0 Å². The Kier molecular flexibility index (Phi) is 4.78. The van der Waals surface area contributed by atoms with E-state index in [1.165, 1.54) is 16.2 Å². The molecule has 0 radical (unpaired) electrons. The SMILES string of the molecule is CC(C)c1ncc(C(=O)N2CCOC3(CCN(C(=O)O)CC3)C2)s1. The summed E-state index contributed by atoms with van der Waals surface area (Å²) in [6.07, 6.45) is 2.03. The first kappa shape index (κ1) is 17.2. The van der Waals surface area contributed by atoms with Gasteiger partial charge in [0.25, 0.3) is 5.91 Å². The van der Waals surface area contributed by atoms with E-state index >= 15 is 0 Å². The van der Waals surface area contributed by atoms with E-state index in [1.54, 1.807) is 6.20 Å². The van der Waals surface area contributed by atoms with Crippen molar-refractivity contribution >= 4 is 23.3 Å². The molecule has 0 aromatic carbocycles. The Morgan fingerprint density at radius 2 is 2.00 bits per heavy atom. The van der Waals surface area contributed by atoms with E-state index in [0.717, 1.165) is 5.01 Å². The van der Waals surface area contributed by atoms with Crippen LogP contribution in [0, 0.1) is 0 Å². The minimum Gasteiger partial charge on any atom is -0.465 e. The lowest BCUT2D eigenvalue weighted by Crippen LogP contribution is -2.58. The molecule has 0 atom stereocenters. The Morgan fingerprint density at radius 3 is 2.58 bits per heavy atom. The smallest absolute Gasteiger partial charge is 0.407 e. The van der Waals surface area contributed by atoms with E-state index in [4.69, 9.17) is 9.84 Å². The molecule has 132 valence electrons. The maximum Gasteiger partial charge on any atom is 0.407 e. The first-order valence-electron chi connectivity index (χ1n) is 8.27. The molecule has 24 heavy (non-hydrogen) atoms. The van der Waals surface area contributed by atoms with Crippen molar-refractivity contribution in [2.45, 2.75) is 38.2 Å². The van der Waals surface area contributed by atoms with E-state index < -0.39 is 11.7 Å². The normalized spacial score (nSPS) is 20.6. The highest BCUT2D eigenvalue weighted by Gasteiger charge is 2.42. The summed E-state index contributed by atoms with van der Waals surface area (Å²) in [7, 11) is 0. The fraction of sp³-hybridized carbons (Fsp3) is 0.688. The summed E-state index contributed by atoms with van der Waals surface area (Å²) in [5.74, 6) is 0.315. The lowest BCUT2D eigenvalue weighted by Gasteiger charge is -2.46. The summed E-state index contributed by atoms with van der Waals surface area (Å²) in [6.45, 7) is 6.62. The number of amides is 2. The van der Waals surface area contributed by atoms with Crippen molar-refractivity contribution in [3.8, 4) is 0 Å². The van der Waals surface area contributed by atoms with Gasteiger partial charge in [-0.3, -0.25) is 4.79 Å². The lowest BCUT2D eigenvalue weighted by molar-refractivity contribution is -0.124. The van der Waals surface area contributed by atoms with Gasteiger partial charge >= 0.3 is 6.09 Å². The number of aromatic nitrogens is 1. The van der Waals surface area contributed by atoms with Crippen molar-refractivity contribution in [3.63, 3.8) is 0 Å². The highest BCUT2D eigenvalue weighted by Crippen LogP contribution is 2.31. The van der Waals surface area contributed by atoms with Gasteiger partial charge in [-0.2, -0.15) is 0 Å². The highest BCUT2D eigenvalue weighted by atomic mass is 32.1. The van der Waals surface area contributed by atoms with Gasteiger partial charge in [-0.05, 0) is 12.8 Å². The molecule has 1 N–H and O–H groups in total. The van der Waals surface area contributed by atoms with E-state index in [-0.39, 0.29) is 5.91 Å². The van der Waals surface area contributed by atoms with Gasteiger partial charge < -0.3 is 19.6 Å². The molecule has 0 saturated carbocycles. The van der Waals surface area contributed by atoms with Crippen molar-refractivity contribution in [1.82, 2.24) is 14.8 Å². The molecule has 7 nitrogen and oxygen atoms in total. The number of hydrogen-bond donors (Lipinski definition) is 1. The number of ether oxygens (including phenoxy) is 1. The summed E-state index contributed by atoms with van der Waals surface area (Å²) in [5, 5.41) is 10.0. The summed E-state index contributed by atoms with van der Waals surface area (Å²) < 4.78 is 5.97. The first-order valence-corrected chi connectivity index (χ1v) is 9.09. The van der Waals surface area contributed by atoms with Gasteiger partial charge in [0.05, 0.1) is 30.0 Å². The van der Waals surface area contributed by atoms with Crippen LogP contribution in [-0.2, 0) is 4.74 Å². The summed E-state index contributed by atoms with van der Waals surface area (Å²) in [5.41, 5.74) is -0.411. The topological polar surface area (TPSA) is 83.0 Å². The fourth-order valence-corrected chi connectivity index (χ4v) is 4.12. The third kappa shape index (κ3) is 3.39. The maximum absolute atomic E-state index is 12.8. The van der Waals surface area contributed by atoms with Crippen molar-refractivity contribution in [2.24, 2.45) is 0 Å². The van der Waals surface area contributed by atoms with E-state index in [9.17, 15) is 9.59 Å². The average molecular weight is 353 g/mol. The van der Waals surface area contributed by atoms with Crippen molar-refractivity contribution in [2.75, 3.05) is 32.8 Å². The third-order valence-electron chi connectivity index (χ3n) is 4.71. The molecule has 0 unspecified atom stereocenters. The molecular formula is C16H23N3O4S. The van der Waals surface area contributed by atoms with E-state index in [1.807, 2.05) is 4.90 Å². The quantitative estimate of drug-likeness (QED) is 0.882. The molecule has 3 rings (SSSR count). The van der Waals surface area contributed by atoms with Gasteiger partial charge in [-0.15, -0.1) is 11.3 Å². The molecule has 2 amide bonds. The number of carbonyl (C=O) groups is 2. The minimum absolute atomic E-state index is 0.00254. The predicted molar refractivity (Wildman–Crippen MR) is 89.6 cm³/mol. The molecule has 1 aromatic heterocycles. The van der Waals surface area contributed by atoms with Crippen LogP contribution in [0.2, 0.25) is 0 Å². The largest absolute Gasteiger partial charge is 0.465 e. The van der Waals surface area contributed by atoms with Crippen molar-refractivity contribution in [3.05, 3.63) is 16.1 Å². The van der Waals surface area contributed by atoms with Crippen LogP contribution in [0.5, 0.6) is 0 Å². The van der Waals surface area contributed by atoms with Gasteiger partial charge in [0.15, 0.2) is 0 Å². The standard InChI is InChI=1S/C16H23N3O4S/c1-11(2)13-17-9-12(24-13)14(20)19-7-8-23-16(10-19)3-5-18(6-4-16)15(21)22/h9,11H,3-8,10H2,1-2H3,(H,21,22). The van der Waals surface area contributed by atoms with Gasteiger partial charge in [0, 0.05) is 25.6 Å². The van der Waals surface area contributed by atoms with Crippen LogP contribution < -0.4 is 0 Å². The number of carboxylic acid groups (broad SMARTS) is 1. The van der Waals surface area contributed by atoms with Crippen LogP contribution in [0.25, 0.3) is 0 Å². The van der Waals surface area contributed by atoms with Crippen LogP contribution in [0.1, 0.15) is 47.3 Å². The van der Waals surface area contributed by atoms with Crippen LogP contribution in [-0.4, -0.2) is 70.3 Å². The van der Waals surface area contributed by atoms with Crippen molar-refractivity contribution < 1.29 is 19.4 Å². The molecule has 0 aliphatic carbocycles. The number of likely N-dealkylation sites (tertiary alicyclic amines) is 1. The number of hydrogen-bond acceptors (Lipinski definition) is 5. The lowest BCUT2D eigenvalue weighted by atomic mass is 9.89. The summed E-state index contributed by atoms with van der Waals surface area (Å²) in [4.78, 5) is 32.1. The van der Waals surface area contributed by atoms with Crippen LogP contribution >= 0.6 is 11.3 Å². The second-order valence-electron chi connectivity index (χ2n) is 6.75. The fourth-order valence-electron chi connectivity index (χ4n) is 3.24. The number of piperidine rings is 1. The summed E-state index contributed by atoms with van der Waals surface area (Å²) in [6, 6.07) is 0. The molecule has 1 spiro atoms. The number of rotatable bonds is 2. The zero-order valence-corrected chi connectivity index (χ0v) is 14.8. The van der Waals surface area contributed by atoms with Crippen LogP contribution in [0.3, 0.4) is 0 Å². The predicted octanol–water partition coefficient (Wildman–Crippen LogP) is 2.25. The van der Waals surface area contributed by atoms with Gasteiger partial charge in [-0.25, -0.2) is 9.78 Å². The Labute approximate surface area is 145 Å². The van der Waals surface area contributed by atoms with Gasteiger partial charge in [-0.1, -0.05) is 13.8 Å². The molecule has 8 heteroatoms. The maximum atomic E-state index is 12.8. The van der Waals surface area contributed by atoms with Crippen LogP contribution in [0.4, 0.5) is 4.79 Å². The summed E-state index contributed by atoms with van der Waals surface area (Å²) >= 11 is 1.45. The average Bonchev–Trinajstić information content (AvgIpc) is 3.05. The number of nitrogens with zero attached hydrogens (tertiary/aromatic N) is 3. The highest BCUT2D eigenvalue weighted by molar-refractivity contribution is 7.13. The second-order valence-corrected chi connectivity index (χ2v) is 7.81. The van der Waals surface area contributed by atoms with E-state index in [0.29, 0.717) is 56.4 Å². The Hall–Kier alpha value is -1.67. The number of thiazole rings is 1. The Bertz CT molecular complexity index is 623. The second kappa shape index (κ2) is 6.68.